The number of rotatable bonds is 12. The Morgan fingerprint density at radius 3 is 1.26 bits per heavy atom. The summed E-state index contributed by atoms with van der Waals surface area (Å²) in [7, 11) is 0. The third kappa shape index (κ3) is 7.85. The van der Waals surface area contributed by atoms with Crippen molar-refractivity contribution in [2.75, 3.05) is 6.61 Å². The van der Waals surface area contributed by atoms with Crippen molar-refractivity contribution in [2.24, 2.45) is 0 Å². The molecule has 6 heteroatoms. The minimum Gasteiger partial charge on any atom is -0.490 e. The molecule has 0 saturated carbocycles. The van der Waals surface area contributed by atoms with Crippen LogP contribution >= 0.6 is 0 Å². The van der Waals surface area contributed by atoms with Crippen LogP contribution in [0.1, 0.15) is 52.6 Å². The fraction of sp³-hybridized carbons (Fsp3) is 0.125. The quantitative estimate of drug-likeness (QED) is 0.142. The molecule has 5 rings (SSSR count). The zero-order valence-electron chi connectivity index (χ0n) is 25.9. The van der Waals surface area contributed by atoms with Gasteiger partial charge >= 0.3 is 5.97 Å². The lowest BCUT2D eigenvalue weighted by Gasteiger charge is -2.13. The van der Waals surface area contributed by atoms with Gasteiger partial charge in [0.1, 0.15) is 18.1 Å². The lowest BCUT2D eigenvalue weighted by Crippen LogP contribution is -2.22. The van der Waals surface area contributed by atoms with Crippen molar-refractivity contribution in [1.29, 1.82) is 0 Å². The van der Waals surface area contributed by atoms with E-state index in [0.29, 0.717) is 29.2 Å². The highest BCUT2D eigenvalue weighted by Gasteiger charge is 2.12. The van der Waals surface area contributed by atoms with Gasteiger partial charge in [-0.05, 0) is 90.1 Å². The van der Waals surface area contributed by atoms with E-state index >= 15 is 0 Å². The molecule has 1 N–H and O–H groups in total. The normalized spacial score (nSPS) is 11.3. The van der Waals surface area contributed by atoms with E-state index in [0.717, 1.165) is 39.0 Å². The van der Waals surface area contributed by atoms with Crippen molar-refractivity contribution >= 4 is 23.1 Å². The summed E-state index contributed by atoms with van der Waals surface area (Å²) in [5, 5.41) is 9.08. The van der Waals surface area contributed by atoms with Crippen LogP contribution in [0, 0.1) is 0 Å². The van der Waals surface area contributed by atoms with Gasteiger partial charge in [-0.3, -0.25) is 9.59 Å². The summed E-state index contributed by atoms with van der Waals surface area (Å²) in [5.41, 5.74) is 8.51. The number of Topliss-reactive ketones (excluding diaryl/α,β-unsaturated/α-hetero) is 2. The predicted octanol–water partition coefficient (Wildman–Crippen LogP) is 8.79. The highest BCUT2D eigenvalue weighted by atomic mass is 16.5. The van der Waals surface area contributed by atoms with Gasteiger partial charge in [0, 0.05) is 11.1 Å². The maximum atomic E-state index is 11.7. The minimum atomic E-state index is -1.03. The van der Waals surface area contributed by atoms with Gasteiger partial charge in [-0.1, -0.05) is 97.1 Å². The van der Waals surface area contributed by atoms with E-state index in [2.05, 4.69) is 48.5 Å². The SMILES string of the molecule is CC(=O)c1ccc(-c2ccc(C(=CCOc3ccc(OC(C)C(=O)O)cc3)c3ccc(-c4ccc(C(C)=O)cc4)cc3)cc2)cc1. The zero-order valence-corrected chi connectivity index (χ0v) is 25.9. The largest absolute Gasteiger partial charge is 0.490 e. The summed E-state index contributed by atoms with van der Waals surface area (Å²) >= 11 is 0. The third-order valence-electron chi connectivity index (χ3n) is 7.66. The van der Waals surface area contributed by atoms with Crippen molar-refractivity contribution in [1.82, 2.24) is 0 Å². The first-order valence-corrected chi connectivity index (χ1v) is 14.9. The second-order valence-corrected chi connectivity index (χ2v) is 10.9. The lowest BCUT2D eigenvalue weighted by molar-refractivity contribution is -0.144. The molecule has 0 heterocycles. The van der Waals surface area contributed by atoms with Crippen LogP contribution in [0.3, 0.4) is 0 Å². The summed E-state index contributed by atoms with van der Waals surface area (Å²) in [5.74, 6) is 0.117. The summed E-state index contributed by atoms with van der Waals surface area (Å²) in [4.78, 5) is 34.5. The minimum absolute atomic E-state index is 0.0371. The smallest absolute Gasteiger partial charge is 0.344 e. The molecule has 6 nitrogen and oxygen atoms in total. The average molecular weight is 611 g/mol. The van der Waals surface area contributed by atoms with Crippen molar-refractivity contribution in [2.45, 2.75) is 26.9 Å². The van der Waals surface area contributed by atoms with Gasteiger partial charge in [0.05, 0.1) is 0 Å². The molecule has 0 aliphatic heterocycles. The highest BCUT2D eigenvalue weighted by molar-refractivity contribution is 5.95. The standard InChI is InChI=1S/C40H34O6/c1-26(41)29-4-8-31(9-5-29)33-12-16-35(17-13-33)39(24-25-45-37-20-22-38(23-21-37)46-28(3)40(43)44)36-18-14-34(15-19-36)32-10-6-30(7-11-32)27(2)42/h4-24,28H,25H2,1-3H3,(H,43,44). The van der Waals surface area contributed by atoms with Gasteiger partial charge in [-0.15, -0.1) is 0 Å². The number of hydrogen-bond acceptors (Lipinski definition) is 5. The number of carboxylic acid groups (broad SMARTS) is 1. The Balaban J connectivity index is 1.39. The summed E-state index contributed by atoms with van der Waals surface area (Å²) in [6, 6.07) is 38.6. The summed E-state index contributed by atoms with van der Waals surface area (Å²) in [6.45, 7) is 4.89. The first-order chi connectivity index (χ1) is 22.2. The van der Waals surface area contributed by atoms with E-state index in [1.54, 1.807) is 38.1 Å². The van der Waals surface area contributed by atoms with Gasteiger partial charge in [0.2, 0.25) is 0 Å². The number of ketones is 2. The van der Waals surface area contributed by atoms with E-state index in [4.69, 9.17) is 14.6 Å². The summed E-state index contributed by atoms with van der Waals surface area (Å²) in [6.07, 6.45) is 1.08. The Hall–Kier alpha value is -5.75. The zero-order chi connectivity index (χ0) is 32.6. The molecule has 5 aromatic carbocycles. The van der Waals surface area contributed by atoms with Crippen molar-refractivity contribution < 1.29 is 29.0 Å². The second kappa shape index (κ2) is 14.4. The van der Waals surface area contributed by atoms with Crippen LogP contribution < -0.4 is 9.47 Å². The van der Waals surface area contributed by atoms with E-state index in [1.165, 1.54) is 6.92 Å². The Morgan fingerprint density at radius 1 is 0.565 bits per heavy atom. The topological polar surface area (TPSA) is 89.9 Å². The molecule has 0 amide bonds. The first kappa shape index (κ1) is 31.7. The monoisotopic (exact) mass is 610 g/mol. The molecular weight excluding hydrogens is 576 g/mol. The number of benzene rings is 5. The number of carboxylic acids is 1. The fourth-order valence-electron chi connectivity index (χ4n) is 4.97. The van der Waals surface area contributed by atoms with Crippen molar-refractivity contribution in [3.8, 4) is 33.8 Å². The van der Waals surface area contributed by atoms with Gasteiger partial charge in [-0.25, -0.2) is 4.79 Å². The van der Waals surface area contributed by atoms with E-state index in [9.17, 15) is 14.4 Å². The lowest BCUT2D eigenvalue weighted by atomic mass is 9.93. The Bertz CT molecular complexity index is 1750. The molecular formula is C40H34O6. The van der Waals surface area contributed by atoms with Crippen molar-refractivity contribution in [3.63, 3.8) is 0 Å². The molecule has 0 aromatic heterocycles. The molecule has 0 aliphatic rings. The average Bonchev–Trinajstić information content (AvgIpc) is 3.08. The number of hydrogen-bond donors (Lipinski definition) is 1. The fourth-order valence-corrected chi connectivity index (χ4v) is 4.97. The Morgan fingerprint density at radius 2 is 0.913 bits per heavy atom. The molecule has 0 saturated heterocycles. The summed E-state index contributed by atoms with van der Waals surface area (Å²) < 4.78 is 11.4. The molecule has 0 radical (unpaired) electrons. The van der Waals surface area contributed by atoms with Crippen LogP contribution in [0.15, 0.2) is 127 Å². The Kier molecular flexibility index (Phi) is 9.88. The van der Waals surface area contributed by atoms with Gasteiger partial charge in [0.15, 0.2) is 17.7 Å². The van der Waals surface area contributed by atoms with Gasteiger partial charge in [0.25, 0.3) is 0 Å². The molecule has 46 heavy (non-hydrogen) atoms. The van der Waals surface area contributed by atoms with Crippen LogP contribution in [0.2, 0.25) is 0 Å². The number of aliphatic carboxylic acids is 1. The van der Waals surface area contributed by atoms with E-state index < -0.39 is 12.1 Å². The number of carbonyl (C=O) groups excluding carboxylic acids is 2. The maximum Gasteiger partial charge on any atom is 0.344 e. The molecule has 0 spiro atoms. The molecule has 230 valence electrons. The van der Waals surface area contributed by atoms with Crippen molar-refractivity contribution in [3.05, 3.63) is 150 Å². The predicted molar refractivity (Wildman–Crippen MR) is 181 cm³/mol. The number of ether oxygens (including phenoxy) is 2. The Labute approximate surface area is 268 Å². The van der Waals surface area contributed by atoms with Crippen LogP contribution in [0.25, 0.3) is 27.8 Å². The molecule has 0 aliphatic carbocycles. The third-order valence-corrected chi connectivity index (χ3v) is 7.66. The molecule has 0 fully saturated rings. The molecule has 0 bridgehead atoms. The van der Waals surface area contributed by atoms with Crippen LogP contribution in [0.4, 0.5) is 0 Å². The molecule has 1 atom stereocenters. The molecule has 5 aromatic rings. The van der Waals surface area contributed by atoms with E-state index in [-0.39, 0.29) is 11.6 Å². The van der Waals surface area contributed by atoms with Gasteiger partial charge < -0.3 is 14.6 Å². The maximum absolute atomic E-state index is 11.7. The second-order valence-electron chi connectivity index (χ2n) is 10.9. The first-order valence-electron chi connectivity index (χ1n) is 14.9. The molecule has 1 unspecified atom stereocenters. The van der Waals surface area contributed by atoms with E-state index in [1.807, 2.05) is 54.6 Å². The number of carbonyl (C=O) groups is 3. The van der Waals surface area contributed by atoms with Gasteiger partial charge in [-0.2, -0.15) is 0 Å². The highest BCUT2D eigenvalue weighted by Crippen LogP contribution is 2.30. The van der Waals surface area contributed by atoms with Crippen LogP contribution in [-0.2, 0) is 4.79 Å². The van der Waals surface area contributed by atoms with Crippen LogP contribution in [0.5, 0.6) is 11.5 Å². The van der Waals surface area contributed by atoms with Crippen LogP contribution in [-0.4, -0.2) is 35.4 Å².